The Hall–Kier alpha value is -1.94. The van der Waals surface area contributed by atoms with E-state index in [-0.39, 0.29) is 42.1 Å². The van der Waals surface area contributed by atoms with Crippen LogP contribution in [-0.4, -0.2) is 44.3 Å². The van der Waals surface area contributed by atoms with Crippen molar-refractivity contribution in [3.05, 3.63) is 46.3 Å². The van der Waals surface area contributed by atoms with E-state index in [0.717, 1.165) is 0 Å². The van der Waals surface area contributed by atoms with E-state index in [1.54, 1.807) is 30.5 Å². The van der Waals surface area contributed by atoms with Crippen molar-refractivity contribution < 1.29 is 22.7 Å². The number of thiophene rings is 1. The maximum atomic E-state index is 12.6. The number of nitrogens with one attached hydrogen (secondary N) is 1. The number of nitrogens with zero attached hydrogens (tertiary/aromatic N) is 1. The van der Waals surface area contributed by atoms with Gasteiger partial charge >= 0.3 is 5.97 Å². The number of amides is 1. The first-order valence-electron chi connectivity index (χ1n) is 9.14. The lowest BCUT2D eigenvalue weighted by Gasteiger charge is -2.30. The van der Waals surface area contributed by atoms with Crippen LogP contribution < -0.4 is 5.32 Å². The van der Waals surface area contributed by atoms with E-state index in [0.29, 0.717) is 22.7 Å². The van der Waals surface area contributed by atoms with E-state index < -0.39 is 16.0 Å². The smallest absolute Gasteiger partial charge is 0.339 e. The summed E-state index contributed by atoms with van der Waals surface area (Å²) in [4.78, 5) is 24.6. The first-order valence-corrected chi connectivity index (χ1v) is 11.8. The number of sulfonamides is 1. The minimum atomic E-state index is -3.50. The molecule has 0 spiro atoms. The van der Waals surface area contributed by atoms with Crippen LogP contribution in [0.5, 0.6) is 0 Å². The summed E-state index contributed by atoms with van der Waals surface area (Å²) < 4.78 is 31.9. The summed E-state index contributed by atoms with van der Waals surface area (Å²) in [6, 6.07) is 7.91. The van der Waals surface area contributed by atoms with E-state index in [4.69, 9.17) is 16.3 Å². The van der Waals surface area contributed by atoms with Crippen LogP contribution in [-0.2, 0) is 19.6 Å². The third-order valence-electron chi connectivity index (χ3n) is 4.64. The summed E-state index contributed by atoms with van der Waals surface area (Å²) in [5.41, 5.74) is 0.624. The van der Waals surface area contributed by atoms with Gasteiger partial charge in [0.25, 0.3) is 10.0 Å². The average Bonchev–Trinajstić information content (AvgIpc) is 3.25. The molecule has 1 saturated heterocycles. The quantitative estimate of drug-likeness (QED) is 0.670. The lowest BCUT2D eigenvalue weighted by molar-refractivity contribution is -0.120. The zero-order chi connectivity index (χ0) is 21.0. The molecule has 2 heterocycles. The number of carbonyl (C=O) groups excluding carboxylic acids is 2. The van der Waals surface area contributed by atoms with Crippen LogP contribution >= 0.6 is 22.9 Å². The molecule has 1 aliphatic heterocycles. The number of ether oxygens (including phenoxy) is 1. The van der Waals surface area contributed by atoms with Gasteiger partial charge in [0, 0.05) is 24.7 Å². The number of anilines is 1. The fourth-order valence-corrected chi connectivity index (χ4v) is 5.92. The minimum Gasteiger partial charge on any atom is -0.462 e. The highest BCUT2D eigenvalue weighted by Gasteiger charge is 2.32. The number of halogens is 1. The lowest BCUT2D eigenvalue weighted by Crippen LogP contribution is -2.41. The first kappa shape index (κ1) is 21.8. The Morgan fingerprint density at radius 2 is 2.00 bits per heavy atom. The van der Waals surface area contributed by atoms with Crippen molar-refractivity contribution in [3.8, 4) is 0 Å². The molecule has 0 unspecified atom stereocenters. The first-order chi connectivity index (χ1) is 13.8. The molecule has 156 valence electrons. The maximum Gasteiger partial charge on any atom is 0.339 e. The molecule has 0 radical (unpaired) electrons. The second-order valence-electron chi connectivity index (χ2n) is 6.51. The van der Waals surface area contributed by atoms with Crippen LogP contribution in [0.15, 0.2) is 39.9 Å². The van der Waals surface area contributed by atoms with Crippen molar-refractivity contribution in [2.75, 3.05) is 25.0 Å². The highest BCUT2D eigenvalue weighted by Crippen LogP contribution is 2.28. The molecule has 7 nitrogen and oxygen atoms in total. The molecule has 0 aliphatic carbocycles. The van der Waals surface area contributed by atoms with E-state index >= 15 is 0 Å². The summed E-state index contributed by atoms with van der Waals surface area (Å²) in [7, 11) is -3.50. The third kappa shape index (κ3) is 4.98. The van der Waals surface area contributed by atoms with Gasteiger partial charge in [-0.3, -0.25) is 4.79 Å². The number of benzene rings is 1. The van der Waals surface area contributed by atoms with Crippen molar-refractivity contribution in [1.82, 2.24) is 4.31 Å². The molecular weight excluding hydrogens is 436 g/mol. The van der Waals surface area contributed by atoms with Crippen LogP contribution in [0.2, 0.25) is 5.02 Å². The average molecular weight is 457 g/mol. The molecule has 1 aromatic carbocycles. The highest BCUT2D eigenvalue weighted by atomic mass is 35.5. The van der Waals surface area contributed by atoms with E-state index in [2.05, 4.69) is 5.32 Å². The molecule has 1 N–H and O–H groups in total. The van der Waals surface area contributed by atoms with Crippen LogP contribution in [0, 0.1) is 5.92 Å². The minimum absolute atomic E-state index is 0.183. The van der Waals surface area contributed by atoms with Gasteiger partial charge in [-0.15, -0.1) is 11.3 Å². The Morgan fingerprint density at radius 1 is 1.28 bits per heavy atom. The van der Waals surface area contributed by atoms with Crippen LogP contribution in [0.3, 0.4) is 0 Å². The van der Waals surface area contributed by atoms with Crippen LogP contribution in [0.1, 0.15) is 30.1 Å². The molecule has 0 atom stereocenters. The molecular formula is C19H21ClN2O5S2. The molecule has 0 bridgehead atoms. The van der Waals surface area contributed by atoms with Gasteiger partial charge in [-0.1, -0.05) is 17.7 Å². The van der Waals surface area contributed by atoms with Crippen molar-refractivity contribution in [1.29, 1.82) is 0 Å². The van der Waals surface area contributed by atoms with Gasteiger partial charge < -0.3 is 10.1 Å². The van der Waals surface area contributed by atoms with Crippen molar-refractivity contribution in [2.45, 2.75) is 24.0 Å². The Bertz CT molecular complexity index is 984. The zero-order valence-electron chi connectivity index (χ0n) is 15.8. The van der Waals surface area contributed by atoms with E-state index in [1.807, 2.05) is 0 Å². The van der Waals surface area contributed by atoms with Gasteiger partial charge in [0.15, 0.2) is 0 Å². The number of rotatable bonds is 6. The van der Waals surface area contributed by atoms with Gasteiger partial charge in [0.05, 0.1) is 17.2 Å². The maximum absolute atomic E-state index is 12.6. The predicted molar refractivity (Wildman–Crippen MR) is 112 cm³/mol. The third-order valence-corrected chi connectivity index (χ3v) is 8.24. The highest BCUT2D eigenvalue weighted by molar-refractivity contribution is 7.91. The van der Waals surface area contributed by atoms with Crippen molar-refractivity contribution in [3.63, 3.8) is 0 Å². The molecule has 1 fully saturated rings. The molecule has 29 heavy (non-hydrogen) atoms. The van der Waals surface area contributed by atoms with Gasteiger partial charge in [-0.25, -0.2) is 13.2 Å². The SMILES string of the molecule is CCOC(=O)c1cc(NC(=O)C2CCN(S(=O)(=O)c3cccs3)CC2)ccc1Cl. The topological polar surface area (TPSA) is 92.8 Å². The van der Waals surface area contributed by atoms with Gasteiger partial charge in [0.2, 0.25) is 5.91 Å². The van der Waals surface area contributed by atoms with E-state index in [1.165, 1.54) is 27.8 Å². The van der Waals surface area contributed by atoms with Crippen molar-refractivity contribution >= 4 is 50.5 Å². The fraction of sp³-hybridized carbons (Fsp3) is 0.368. The normalized spacial score (nSPS) is 15.8. The molecule has 10 heteroatoms. The summed E-state index contributed by atoms with van der Waals surface area (Å²) in [6.45, 7) is 2.49. The Labute approximate surface area is 178 Å². The predicted octanol–water partition coefficient (Wildman–Crippen LogP) is 3.62. The van der Waals surface area contributed by atoms with Gasteiger partial charge in [-0.2, -0.15) is 4.31 Å². The number of piperidine rings is 1. The van der Waals surface area contributed by atoms with Gasteiger partial charge in [-0.05, 0) is 49.4 Å². The van der Waals surface area contributed by atoms with Crippen LogP contribution in [0.25, 0.3) is 0 Å². The Kier molecular flexibility index (Phi) is 6.94. The standard InChI is InChI=1S/C19H21ClN2O5S2/c1-2-27-19(24)15-12-14(5-6-16(15)20)21-18(23)13-7-9-22(10-8-13)29(25,26)17-4-3-11-28-17/h3-6,11-13H,2,7-10H2,1H3,(H,21,23). The molecule has 3 rings (SSSR count). The molecule has 1 aliphatic rings. The summed E-state index contributed by atoms with van der Waals surface area (Å²) >= 11 is 7.22. The summed E-state index contributed by atoms with van der Waals surface area (Å²) in [5.74, 6) is -1.08. The fourth-order valence-electron chi connectivity index (χ4n) is 3.11. The van der Waals surface area contributed by atoms with Gasteiger partial charge in [0.1, 0.15) is 4.21 Å². The zero-order valence-corrected chi connectivity index (χ0v) is 18.1. The monoisotopic (exact) mass is 456 g/mol. The molecule has 2 aromatic rings. The van der Waals surface area contributed by atoms with Crippen molar-refractivity contribution in [2.24, 2.45) is 5.92 Å². The Morgan fingerprint density at radius 3 is 2.62 bits per heavy atom. The number of carbonyl (C=O) groups is 2. The number of hydrogen-bond donors (Lipinski definition) is 1. The lowest BCUT2D eigenvalue weighted by atomic mass is 9.97. The largest absolute Gasteiger partial charge is 0.462 e. The second-order valence-corrected chi connectivity index (χ2v) is 10.0. The molecule has 0 saturated carbocycles. The summed E-state index contributed by atoms with van der Waals surface area (Å²) in [5, 5.41) is 4.76. The van der Waals surface area contributed by atoms with Crippen LogP contribution in [0.4, 0.5) is 5.69 Å². The Balaban J connectivity index is 1.62. The van der Waals surface area contributed by atoms with E-state index in [9.17, 15) is 18.0 Å². The molecule has 1 aromatic heterocycles. The second kappa shape index (κ2) is 9.25. The number of hydrogen-bond acceptors (Lipinski definition) is 6. The number of esters is 1. The summed E-state index contributed by atoms with van der Waals surface area (Å²) in [6.07, 6.45) is 0.851. The molecule has 1 amide bonds.